The molecule has 0 spiro atoms. The van der Waals surface area contributed by atoms with E-state index >= 15 is 0 Å². The topological polar surface area (TPSA) is 38.3 Å². The Kier molecular flexibility index (Phi) is 4.96. The molecular weight excluding hydrogens is 270 g/mol. The summed E-state index contributed by atoms with van der Waals surface area (Å²) in [4.78, 5) is 11.7. The van der Waals surface area contributed by atoms with Crippen LogP contribution < -0.4 is 5.32 Å². The number of halogens is 1. The van der Waals surface area contributed by atoms with Crippen LogP contribution in [0.15, 0.2) is 28.7 Å². The van der Waals surface area contributed by atoms with E-state index < -0.39 is 6.04 Å². The molecule has 0 aliphatic rings. The molecule has 0 amide bonds. The molecule has 1 N–H and O–H groups in total. The molecule has 0 bridgehead atoms. The molecule has 16 heavy (non-hydrogen) atoms. The molecule has 3 nitrogen and oxygen atoms in total. The predicted molar refractivity (Wildman–Crippen MR) is 67.2 cm³/mol. The van der Waals surface area contributed by atoms with Crippen molar-refractivity contribution in [3.8, 4) is 0 Å². The van der Waals surface area contributed by atoms with E-state index in [9.17, 15) is 4.79 Å². The van der Waals surface area contributed by atoms with Crippen molar-refractivity contribution in [2.45, 2.75) is 25.9 Å². The van der Waals surface area contributed by atoms with Gasteiger partial charge in [0, 0.05) is 10.5 Å². The van der Waals surface area contributed by atoms with Crippen LogP contribution in [0.2, 0.25) is 0 Å². The average Bonchev–Trinajstić information content (AvgIpc) is 2.24. The predicted octanol–water partition coefficient (Wildman–Crippen LogP) is 2.66. The number of benzene rings is 1. The second-order valence-electron chi connectivity index (χ2n) is 3.83. The van der Waals surface area contributed by atoms with Crippen LogP contribution in [0.25, 0.3) is 0 Å². The van der Waals surface area contributed by atoms with Crippen molar-refractivity contribution >= 4 is 21.9 Å². The molecule has 0 saturated heterocycles. The Labute approximate surface area is 104 Å². The summed E-state index contributed by atoms with van der Waals surface area (Å²) < 4.78 is 5.74. The maximum absolute atomic E-state index is 11.7. The monoisotopic (exact) mass is 285 g/mol. The van der Waals surface area contributed by atoms with Gasteiger partial charge in [-0.2, -0.15) is 0 Å². The first-order valence-electron chi connectivity index (χ1n) is 5.14. The van der Waals surface area contributed by atoms with Gasteiger partial charge < -0.3 is 4.74 Å². The number of nitrogens with one attached hydrogen (secondary N) is 1. The van der Waals surface area contributed by atoms with Crippen LogP contribution in [0.5, 0.6) is 0 Å². The van der Waals surface area contributed by atoms with Gasteiger partial charge in [0.1, 0.15) is 6.04 Å². The molecule has 1 unspecified atom stereocenters. The van der Waals surface area contributed by atoms with E-state index in [0.717, 1.165) is 10.0 Å². The minimum Gasteiger partial charge on any atom is -0.468 e. The number of methoxy groups -OCH3 is 1. The molecule has 88 valence electrons. The van der Waals surface area contributed by atoms with Crippen molar-refractivity contribution in [2.75, 3.05) is 7.11 Å². The Balaban J connectivity index is 2.96. The Hall–Kier alpha value is -0.870. The molecule has 0 aliphatic heterocycles. The molecule has 0 aliphatic carbocycles. The van der Waals surface area contributed by atoms with Crippen LogP contribution >= 0.6 is 15.9 Å². The van der Waals surface area contributed by atoms with Gasteiger partial charge in [0.05, 0.1) is 7.11 Å². The van der Waals surface area contributed by atoms with Gasteiger partial charge in [0.15, 0.2) is 0 Å². The molecule has 0 radical (unpaired) electrons. The van der Waals surface area contributed by atoms with Crippen LogP contribution in [-0.2, 0) is 9.53 Å². The molecule has 0 fully saturated rings. The highest BCUT2D eigenvalue weighted by atomic mass is 79.9. The Bertz CT molecular complexity index is 366. The maximum Gasteiger partial charge on any atom is 0.327 e. The summed E-state index contributed by atoms with van der Waals surface area (Å²) in [5, 5.41) is 3.18. The number of carbonyl (C=O) groups is 1. The third-order valence-corrected chi connectivity index (χ3v) is 2.61. The van der Waals surface area contributed by atoms with Crippen molar-refractivity contribution in [3.05, 3.63) is 34.3 Å². The summed E-state index contributed by atoms with van der Waals surface area (Å²) in [5.74, 6) is -0.271. The molecule has 1 aromatic carbocycles. The minimum atomic E-state index is -0.414. The van der Waals surface area contributed by atoms with Gasteiger partial charge in [-0.3, -0.25) is 5.32 Å². The highest BCUT2D eigenvalue weighted by molar-refractivity contribution is 9.10. The van der Waals surface area contributed by atoms with Crippen molar-refractivity contribution in [2.24, 2.45) is 0 Å². The first kappa shape index (κ1) is 13.2. The lowest BCUT2D eigenvalue weighted by atomic mass is 10.1. The highest BCUT2D eigenvalue weighted by Crippen LogP contribution is 2.19. The Morgan fingerprint density at radius 3 is 2.62 bits per heavy atom. The summed E-state index contributed by atoms with van der Waals surface area (Å²) in [6.07, 6.45) is 0. The summed E-state index contributed by atoms with van der Waals surface area (Å²) in [6.45, 7) is 3.99. The zero-order valence-corrected chi connectivity index (χ0v) is 11.2. The second kappa shape index (κ2) is 6.01. The van der Waals surface area contributed by atoms with Gasteiger partial charge in [-0.1, -0.05) is 28.1 Å². The van der Waals surface area contributed by atoms with Crippen LogP contribution in [-0.4, -0.2) is 19.1 Å². The largest absolute Gasteiger partial charge is 0.468 e. The summed E-state index contributed by atoms with van der Waals surface area (Å²) >= 11 is 3.39. The van der Waals surface area contributed by atoms with E-state index in [2.05, 4.69) is 21.2 Å². The fourth-order valence-electron chi connectivity index (χ4n) is 1.44. The smallest absolute Gasteiger partial charge is 0.327 e. The number of ether oxygens (including phenoxy) is 1. The van der Waals surface area contributed by atoms with E-state index in [-0.39, 0.29) is 12.0 Å². The number of carbonyl (C=O) groups excluding carboxylic acids is 1. The fourth-order valence-corrected chi connectivity index (χ4v) is 1.85. The summed E-state index contributed by atoms with van der Waals surface area (Å²) in [6, 6.07) is 7.44. The number of esters is 1. The van der Waals surface area contributed by atoms with E-state index in [1.165, 1.54) is 7.11 Å². The van der Waals surface area contributed by atoms with Gasteiger partial charge >= 0.3 is 5.97 Å². The lowest BCUT2D eigenvalue weighted by Crippen LogP contribution is -2.34. The number of rotatable bonds is 4. The van der Waals surface area contributed by atoms with E-state index in [1.54, 1.807) is 0 Å². The first-order chi connectivity index (χ1) is 7.54. The van der Waals surface area contributed by atoms with Crippen molar-refractivity contribution < 1.29 is 9.53 Å². The zero-order valence-electron chi connectivity index (χ0n) is 9.66. The molecule has 0 aromatic heterocycles. The van der Waals surface area contributed by atoms with E-state index in [4.69, 9.17) is 4.74 Å². The number of hydrogen-bond donors (Lipinski definition) is 1. The van der Waals surface area contributed by atoms with Gasteiger partial charge in [0.25, 0.3) is 0 Å². The minimum absolute atomic E-state index is 0.211. The lowest BCUT2D eigenvalue weighted by molar-refractivity contribution is -0.143. The molecule has 4 heteroatoms. The zero-order chi connectivity index (χ0) is 12.1. The molecular formula is C12H16BrNO2. The highest BCUT2D eigenvalue weighted by Gasteiger charge is 2.21. The van der Waals surface area contributed by atoms with Crippen molar-refractivity contribution in [3.63, 3.8) is 0 Å². The molecule has 1 atom stereocenters. The van der Waals surface area contributed by atoms with Crippen molar-refractivity contribution in [1.29, 1.82) is 0 Å². The average molecular weight is 286 g/mol. The van der Waals surface area contributed by atoms with Gasteiger partial charge in [-0.05, 0) is 31.5 Å². The Morgan fingerprint density at radius 2 is 2.12 bits per heavy atom. The fraction of sp³-hybridized carbons (Fsp3) is 0.417. The van der Waals surface area contributed by atoms with Crippen LogP contribution in [0.1, 0.15) is 25.5 Å². The Morgan fingerprint density at radius 1 is 1.44 bits per heavy atom. The summed E-state index contributed by atoms with van der Waals surface area (Å²) in [7, 11) is 1.40. The molecule has 1 rings (SSSR count). The normalized spacial score (nSPS) is 12.6. The maximum atomic E-state index is 11.7. The van der Waals surface area contributed by atoms with Crippen LogP contribution in [0.3, 0.4) is 0 Å². The quantitative estimate of drug-likeness (QED) is 0.865. The number of hydrogen-bond acceptors (Lipinski definition) is 3. The molecule has 0 saturated carbocycles. The SMILES string of the molecule is COC(=O)C(NC(C)C)c1cccc(Br)c1. The molecule has 1 aromatic rings. The van der Waals surface area contributed by atoms with Crippen LogP contribution in [0, 0.1) is 0 Å². The van der Waals surface area contributed by atoms with Gasteiger partial charge in [-0.15, -0.1) is 0 Å². The lowest BCUT2D eigenvalue weighted by Gasteiger charge is -2.19. The molecule has 0 heterocycles. The van der Waals surface area contributed by atoms with E-state index in [1.807, 2.05) is 38.1 Å². The van der Waals surface area contributed by atoms with Crippen LogP contribution in [0.4, 0.5) is 0 Å². The standard InChI is InChI=1S/C12H16BrNO2/c1-8(2)14-11(12(15)16-3)9-5-4-6-10(13)7-9/h4-8,11,14H,1-3H3. The second-order valence-corrected chi connectivity index (χ2v) is 4.75. The van der Waals surface area contributed by atoms with Gasteiger partial charge in [0.2, 0.25) is 0 Å². The van der Waals surface area contributed by atoms with Crippen molar-refractivity contribution in [1.82, 2.24) is 5.32 Å². The third kappa shape index (κ3) is 3.61. The van der Waals surface area contributed by atoms with E-state index in [0.29, 0.717) is 0 Å². The third-order valence-electron chi connectivity index (χ3n) is 2.12. The van der Waals surface area contributed by atoms with Gasteiger partial charge in [-0.25, -0.2) is 4.79 Å². The summed E-state index contributed by atoms with van der Waals surface area (Å²) in [5.41, 5.74) is 0.898. The first-order valence-corrected chi connectivity index (χ1v) is 5.93.